The van der Waals surface area contributed by atoms with Gasteiger partial charge < -0.3 is 9.97 Å². The molecule has 1 rings (SSSR count). The number of imidazole rings is 1. The number of hydrogen-bond donors (Lipinski definition) is 2. The lowest BCUT2D eigenvalue weighted by Gasteiger charge is -1.90. The van der Waals surface area contributed by atoms with Gasteiger partial charge in [-0.2, -0.15) is 0 Å². The number of nitrogens with one attached hydrogen (secondary N) is 2. The molecule has 1 heterocycles. The van der Waals surface area contributed by atoms with E-state index in [0.717, 1.165) is 4.48 Å². The molecule has 0 amide bonds. The number of hydrogen-bond acceptors (Lipinski definition) is 1. The van der Waals surface area contributed by atoms with Crippen molar-refractivity contribution in [1.82, 2.24) is 9.97 Å². The van der Waals surface area contributed by atoms with Crippen LogP contribution in [0.5, 0.6) is 0 Å². The lowest BCUT2D eigenvalue weighted by Crippen LogP contribution is -2.00. The Morgan fingerprint density at radius 3 is 2.00 bits per heavy atom. The van der Waals surface area contributed by atoms with Crippen molar-refractivity contribution in [3.8, 4) is 0 Å². The number of aromatic nitrogens is 2. The molecule has 1 aromatic heterocycles. The van der Waals surface area contributed by atoms with E-state index in [1.54, 1.807) is 18.2 Å². The maximum Gasteiger partial charge on any atom is 0.323 e. The Balaban J connectivity index is 0. The van der Waals surface area contributed by atoms with Gasteiger partial charge in [0.2, 0.25) is 0 Å². The fraction of sp³-hybridized carbons (Fsp3) is 0.308. The van der Waals surface area contributed by atoms with Crippen molar-refractivity contribution in [3.63, 3.8) is 0 Å². The van der Waals surface area contributed by atoms with Crippen LogP contribution < -0.4 is 5.69 Å². The minimum Gasteiger partial charge on any atom is -0.306 e. The van der Waals surface area contributed by atoms with E-state index >= 15 is 0 Å². The van der Waals surface area contributed by atoms with Crippen molar-refractivity contribution in [2.75, 3.05) is 0 Å². The zero-order valence-electron chi connectivity index (χ0n) is 10.9. The molecule has 0 aliphatic heterocycles. The van der Waals surface area contributed by atoms with Crippen LogP contribution in [0.15, 0.2) is 28.5 Å². The van der Waals surface area contributed by atoms with Crippen molar-refractivity contribution in [2.24, 2.45) is 0 Å². The van der Waals surface area contributed by atoms with Gasteiger partial charge in [-0.1, -0.05) is 62.9 Å². The van der Waals surface area contributed by atoms with Crippen molar-refractivity contribution in [2.45, 2.75) is 27.7 Å². The molecule has 0 unspecified atom stereocenters. The van der Waals surface area contributed by atoms with E-state index in [9.17, 15) is 4.79 Å². The van der Waals surface area contributed by atoms with Gasteiger partial charge in [-0.25, -0.2) is 4.79 Å². The molecular weight excluding hydrogens is 280 g/mol. The molecule has 17 heavy (non-hydrogen) atoms. The molecule has 2 N–H and O–H groups in total. The minimum absolute atomic E-state index is 0.245. The van der Waals surface area contributed by atoms with Crippen molar-refractivity contribution in [3.05, 3.63) is 45.6 Å². The van der Waals surface area contributed by atoms with Gasteiger partial charge in [0.15, 0.2) is 0 Å². The molecule has 0 radical (unpaired) electrons. The molecule has 96 valence electrons. The van der Waals surface area contributed by atoms with Gasteiger partial charge in [-0.15, -0.1) is 0 Å². The summed E-state index contributed by atoms with van der Waals surface area (Å²) in [5.74, 6) is 0. The van der Waals surface area contributed by atoms with Crippen LogP contribution in [-0.2, 0) is 0 Å². The van der Waals surface area contributed by atoms with E-state index in [1.165, 1.54) is 0 Å². The average molecular weight is 301 g/mol. The van der Waals surface area contributed by atoms with Crippen molar-refractivity contribution >= 4 is 28.1 Å². The first kappa shape index (κ1) is 18.1. The van der Waals surface area contributed by atoms with Crippen LogP contribution in [0.25, 0.3) is 12.2 Å². The summed E-state index contributed by atoms with van der Waals surface area (Å²) < 4.78 is 0.797. The van der Waals surface area contributed by atoms with Crippen LogP contribution in [-0.4, -0.2) is 9.97 Å². The SMILES string of the molecule is C=C/C(Br)=C\c1[nH]c(=O)[nH]c1C=C.CC.CC. The van der Waals surface area contributed by atoms with Crippen LogP contribution >= 0.6 is 15.9 Å². The summed E-state index contributed by atoms with van der Waals surface area (Å²) in [6.07, 6.45) is 4.97. The van der Waals surface area contributed by atoms with Crippen molar-refractivity contribution in [1.29, 1.82) is 0 Å². The third-order valence-electron chi connectivity index (χ3n) is 1.47. The van der Waals surface area contributed by atoms with E-state index in [0.29, 0.717) is 11.4 Å². The summed E-state index contributed by atoms with van der Waals surface area (Å²) in [5, 5.41) is 0. The summed E-state index contributed by atoms with van der Waals surface area (Å²) in [7, 11) is 0. The molecule has 0 saturated carbocycles. The van der Waals surface area contributed by atoms with E-state index in [-0.39, 0.29) is 5.69 Å². The zero-order chi connectivity index (χ0) is 13.8. The highest BCUT2D eigenvalue weighted by Crippen LogP contribution is 2.13. The summed E-state index contributed by atoms with van der Waals surface area (Å²) in [6, 6.07) is 0. The first-order valence-corrected chi connectivity index (χ1v) is 6.41. The molecule has 0 aromatic carbocycles. The molecular formula is C13H21BrN2O. The fourth-order valence-corrected chi connectivity index (χ4v) is 1.11. The topological polar surface area (TPSA) is 48.6 Å². The van der Waals surface area contributed by atoms with Gasteiger partial charge in [-0.3, -0.25) is 0 Å². The number of H-pyrrole nitrogens is 2. The highest BCUT2D eigenvalue weighted by molar-refractivity contribution is 9.12. The number of aromatic amines is 2. The molecule has 0 fully saturated rings. The second-order valence-electron chi connectivity index (χ2n) is 2.34. The Morgan fingerprint density at radius 1 is 1.12 bits per heavy atom. The van der Waals surface area contributed by atoms with E-state index in [1.807, 2.05) is 27.7 Å². The Labute approximate surface area is 111 Å². The predicted molar refractivity (Wildman–Crippen MR) is 81.3 cm³/mol. The molecule has 3 nitrogen and oxygen atoms in total. The summed E-state index contributed by atoms with van der Waals surface area (Å²) in [4.78, 5) is 16.1. The van der Waals surface area contributed by atoms with E-state index < -0.39 is 0 Å². The fourth-order valence-electron chi connectivity index (χ4n) is 0.882. The van der Waals surface area contributed by atoms with Gasteiger partial charge in [-0.05, 0) is 12.2 Å². The molecule has 0 saturated heterocycles. The smallest absolute Gasteiger partial charge is 0.306 e. The van der Waals surface area contributed by atoms with E-state index in [4.69, 9.17) is 0 Å². The Hall–Kier alpha value is -1.29. The quantitative estimate of drug-likeness (QED) is 0.803. The van der Waals surface area contributed by atoms with Crippen LogP contribution in [0.2, 0.25) is 0 Å². The largest absolute Gasteiger partial charge is 0.323 e. The minimum atomic E-state index is -0.245. The first-order chi connectivity index (χ1) is 8.17. The third-order valence-corrected chi connectivity index (χ3v) is 2.02. The molecule has 0 atom stereocenters. The predicted octanol–water partition coefficient (Wildman–Crippen LogP) is 4.32. The van der Waals surface area contributed by atoms with Crippen LogP contribution in [0.1, 0.15) is 39.1 Å². The Morgan fingerprint density at radius 2 is 1.59 bits per heavy atom. The standard InChI is InChI=1S/C9H9BrN2O.2C2H6/c1-3-6(10)5-8-7(4-2)11-9(13)12-8;2*1-2/h3-5H,1-2H2,(H2,11,12,13);2*1-2H3/b6-5+;;. The molecule has 0 aliphatic rings. The second-order valence-corrected chi connectivity index (χ2v) is 3.26. The van der Waals surface area contributed by atoms with Gasteiger partial charge in [0.1, 0.15) is 0 Å². The van der Waals surface area contributed by atoms with Crippen LogP contribution in [0, 0.1) is 0 Å². The maximum absolute atomic E-state index is 10.9. The molecule has 0 aliphatic carbocycles. The normalized spacial score (nSPS) is 9.35. The monoisotopic (exact) mass is 300 g/mol. The second kappa shape index (κ2) is 11.2. The summed E-state index contributed by atoms with van der Waals surface area (Å²) >= 11 is 3.26. The molecule has 0 spiro atoms. The van der Waals surface area contributed by atoms with Crippen LogP contribution in [0.4, 0.5) is 0 Å². The summed E-state index contributed by atoms with van der Waals surface area (Å²) in [6.45, 7) is 15.2. The van der Waals surface area contributed by atoms with E-state index in [2.05, 4.69) is 39.1 Å². The van der Waals surface area contributed by atoms with Gasteiger partial charge in [0, 0.05) is 4.48 Å². The Bertz CT molecular complexity index is 413. The molecule has 4 heteroatoms. The third kappa shape index (κ3) is 6.79. The number of rotatable bonds is 3. The highest BCUT2D eigenvalue weighted by Gasteiger charge is 2.00. The summed E-state index contributed by atoms with van der Waals surface area (Å²) in [5.41, 5.74) is 1.11. The lowest BCUT2D eigenvalue weighted by atomic mass is 10.3. The molecule has 1 aromatic rings. The molecule has 0 bridgehead atoms. The zero-order valence-corrected chi connectivity index (χ0v) is 12.5. The van der Waals surface area contributed by atoms with Gasteiger partial charge >= 0.3 is 5.69 Å². The van der Waals surface area contributed by atoms with Crippen LogP contribution in [0.3, 0.4) is 0 Å². The first-order valence-electron chi connectivity index (χ1n) is 5.61. The number of halogens is 1. The lowest BCUT2D eigenvalue weighted by molar-refractivity contribution is 1.18. The maximum atomic E-state index is 10.9. The number of allylic oxidation sites excluding steroid dienone is 2. The van der Waals surface area contributed by atoms with Crippen molar-refractivity contribution < 1.29 is 0 Å². The average Bonchev–Trinajstić information content (AvgIpc) is 2.74. The van der Waals surface area contributed by atoms with Gasteiger partial charge in [0.25, 0.3) is 0 Å². The van der Waals surface area contributed by atoms with Gasteiger partial charge in [0.05, 0.1) is 11.4 Å². The highest BCUT2D eigenvalue weighted by atomic mass is 79.9. The Kier molecular flexibility index (Phi) is 11.9.